The molecule has 0 heterocycles. The normalized spacial score (nSPS) is 12.4. The smallest absolute Gasteiger partial charge is 0.0109 e. The van der Waals surface area contributed by atoms with E-state index in [1.54, 1.807) is 0 Å². The maximum absolute atomic E-state index is 3.87. The van der Waals surface area contributed by atoms with Gasteiger partial charge in [-0.05, 0) is 35.6 Å². The van der Waals surface area contributed by atoms with Gasteiger partial charge >= 0.3 is 0 Å². The highest BCUT2D eigenvalue weighted by atomic mass is 14.1. The molecule has 0 bridgehead atoms. The molecule has 17 heavy (non-hydrogen) atoms. The summed E-state index contributed by atoms with van der Waals surface area (Å²) in [6.07, 6.45) is 8.99. The van der Waals surface area contributed by atoms with E-state index in [-0.39, 0.29) is 0 Å². The van der Waals surface area contributed by atoms with Crippen molar-refractivity contribution >= 4 is 11.6 Å². The summed E-state index contributed by atoms with van der Waals surface area (Å²) in [4.78, 5) is 0. The van der Waals surface area contributed by atoms with E-state index in [0.29, 0.717) is 0 Å². The van der Waals surface area contributed by atoms with Gasteiger partial charge in [-0.2, -0.15) is 0 Å². The van der Waals surface area contributed by atoms with Crippen LogP contribution in [0, 0.1) is 0 Å². The number of rotatable bonds is 5. The minimum Gasteiger partial charge on any atom is -0.0990 e. The van der Waals surface area contributed by atoms with Crippen molar-refractivity contribution in [2.45, 2.75) is 20.3 Å². The zero-order chi connectivity index (χ0) is 12.7. The zero-order valence-electron chi connectivity index (χ0n) is 10.7. The van der Waals surface area contributed by atoms with Crippen molar-refractivity contribution < 1.29 is 0 Å². The molecule has 1 aromatic rings. The van der Waals surface area contributed by atoms with E-state index in [1.165, 1.54) is 16.7 Å². The van der Waals surface area contributed by atoms with E-state index >= 15 is 0 Å². The lowest BCUT2D eigenvalue weighted by Crippen LogP contribution is -1.92. The Labute approximate surface area is 105 Å². The number of benzene rings is 1. The highest BCUT2D eigenvalue weighted by Gasteiger charge is 2.07. The fraction of sp³-hybridized carbons (Fsp3) is 0.176. The fourth-order valence-corrected chi connectivity index (χ4v) is 1.96. The van der Waals surface area contributed by atoms with Crippen LogP contribution >= 0.6 is 0 Å². The molecule has 0 nitrogen and oxygen atoms in total. The molecule has 0 unspecified atom stereocenters. The molecule has 0 amide bonds. The van der Waals surface area contributed by atoms with Gasteiger partial charge in [0.25, 0.3) is 0 Å². The molecule has 0 saturated carbocycles. The van der Waals surface area contributed by atoms with Crippen molar-refractivity contribution in [1.82, 2.24) is 0 Å². The van der Waals surface area contributed by atoms with Crippen LogP contribution in [0.2, 0.25) is 0 Å². The van der Waals surface area contributed by atoms with Crippen LogP contribution in [0.1, 0.15) is 31.4 Å². The van der Waals surface area contributed by atoms with Crippen molar-refractivity contribution in [3.63, 3.8) is 0 Å². The Morgan fingerprint density at radius 1 is 1.24 bits per heavy atom. The van der Waals surface area contributed by atoms with Gasteiger partial charge in [0.05, 0.1) is 0 Å². The molecule has 1 aromatic carbocycles. The summed E-state index contributed by atoms with van der Waals surface area (Å²) in [5.41, 5.74) is 4.95. The molecule has 0 aliphatic rings. The number of hydrogen-bond donors (Lipinski definition) is 0. The molecule has 88 valence electrons. The maximum atomic E-state index is 3.87. The molecule has 0 aromatic heterocycles. The Kier molecular flexibility index (Phi) is 5.22. The maximum Gasteiger partial charge on any atom is -0.0109 e. The number of allylic oxidation sites excluding steroid dienone is 5. The Morgan fingerprint density at radius 2 is 1.94 bits per heavy atom. The lowest BCUT2D eigenvalue weighted by Gasteiger charge is -2.13. The van der Waals surface area contributed by atoms with Crippen molar-refractivity contribution in [3.8, 4) is 0 Å². The van der Waals surface area contributed by atoms with Gasteiger partial charge in [0.2, 0.25) is 0 Å². The standard InChI is InChI=1S/C17H20/c1-5-11-16(14(6-2)7-3)17-13-10-9-12-15(17)8-4/h5-6,8-13H,1,4,7H2,2-3H3/b14-6-,16-11+. The van der Waals surface area contributed by atoms with Gasteiger partial charge in [-0.15, -0.1) is 0 Å². The second-order valence-electron chi connectivity index (χ2n) is 3.77. The first-order valence-electron chi connectivity index (χ1n) is 5.98. The topological polar surface area (TPSA) is 0 Å². The van der Waals surface area contributed by atoms with Gasteiger partial charge in [0.1, 0.15) is 0 Å². The van der Waals surface area contributed by atoms with Gasteiger partial charge < -0.3 is 0 Å². The van der Waals surface area contributed by atoms with Crippen molar-refractivity contribution in [3.05, 3.63) is 72.4 Å². The van der Waals surface area contributed by atoms with E-state index in [2.05, 4.69) is 57.4 Å². The summed E-state index contributed by atoms with van der Waals surface area (Å²) in [6.45, 7) is 11.9. The van der Waals surface area contributed by atoms with Crippen LogP contribution in [0.15, 0.2) is 61.2 Å². The molecule has 0 aliphatic heterocycles. The van der Waals surface area contributed by atoms with Gasteiger partial charge in [0.15, 0.2) is 0 Å². The van der Waals surface area contributed by atoms with E-state index < -0.39 is 0 Å². The summed E-state index contributed by atoms with van der Waals surface area (Å²) >= 11 is 0. The molecule has 0 fully saturated rings. The molecule has 0 heteroatoms. The Morgan fingerprint density at radius 3 is 2.47 bits per heavy atom. The lowest BCUT2D eigenvalue weighted by atomic mass is 9.92. The van der Waals surface area contributed by atoms with E-state index in [1.807, 2.05) is 18.2 Å². The quantitative estimate of drug-likeness (QED) is 0.599. The predicted molar refractivity (Wildman–Crippen MR) is 78.8 cm³/mol. The minimum absolute atomic E-state index is 1.02. The Bertz CT molecular complexity index is 459. The average Bonchev–Trinajstić information content (AvgIpc) is 2.39. The summed E-state index contributed by atoms with van der Waals surface area (Å²) in [5.74, 6) is 0. The minimum atomic E-state index is 1.02. The highest BCUT2D eigenvalue weighted by Crippen LogP contribution is 2.28. The third kappa shape index (κ3) is 3.07. The summed E-state index contributed by atoms with van der Waals surface area (Å²) < 4.78 is 0. The second kappa shape index (κ2) is 6.70. The summed E-state index contributed by atoms with van der Waals surface area (Å²) in [7, 11) is 0. The van der Waals surface area contributed by atoms with E-state index in [4.69, 9.17) is 0 Å². The molecular weight excluding hydrogens is 204 g/mol. The van der Waals surface area contributed by atoms with E-state index in [9.17, 15) is 0 Å². The van der Waals surface area contributed by atoms with Crippen molar-refractivity contribution in [2.24, 2.45) is 0 Å². The predicted octanol–water partition coefficient (Wildman–Crippen LogP) is 5.26. The van der Waals surface area contributed by atoms with Gasteiger partial charge in [0, 0.05) is 0 Å². The zero-order valence-corrected chi connectivity index (χ0v) is 10.7. The molecule has 0 atom stereocenters. The SMILES string of the molecule is C=C/C=C(\C(=C/C)CC)c1ccccc1C=C. The van der Waals surface area contributed by atoms with Gasteiger partial charge in [-0.3, -0.25) is 0 Å². The fourth-order valence-electron chi connectivity index (χ4n) is 1.96. The largest absolute Gasteiger partial charge is 0.0990 e. The van der Waals surface area contributed by atoms with Crippen LogP contribution in [0.25, 0.3) is 11.6 Å². The average molecular weight is 224 g/mol. The molecule has 0 saturated heterocycles. The van der Waals surface area contributed by atoms with Crippen LogP contribution in [0.5, 0.6) is 0 Å². The molecule has 0 aliphatic carbocycles. The summed E-state index contributed by atoms with van der Waals surface area (Å²) in [6, 6.07) is 8.31. The van der Waals surface area contributed by atoms with Crippen LogP contribution in [-0.4, -0.2) is 0 Å². The lowest BCUT2D eigenvalue weighted by molar-refractivity contribution is 1.15. The van der Waals surface area contributed by atoms with E-state index in [0.717, 1.165) is 12.0 Å². The first-order chi connectivity index (χ1) is 8.28. The third-order valence-electron chi connectivity index (χ3n) is 2.83. The van der Waals surface area contributed by atoms with Gasteiger partial charge in [-0.1, -0.05) is 68.7 Å². The molecule has 0 N–H and O–H groups in total. The van der Waals surface area contributed by atoms with Crippen LogP contribution in [0.4, 0.5) is 0 Å². The second-order valence-corrected chi connectivity index (χ2v) is 3.77. The number of hydrogen-bond acceptors (Lipinski definition) is 0. The van der Waals surface area contributed by atoms with Crippen LogP contribution in [-0.2, 0) is 0 Å². The first kappa shape index (κ1) is 13.2. The third-order valence-corrected chi connectivity index (χ3v) is 2.83. The van der Waals surface area contributed by atoms with Crippen molar-refractivity contribution in [2.75, 3.05) is 0 Å². The van der Waals surface area contributed by atoms with Gasteiger partial charge in [-0.25, -0.2) is 0 Å². The van der Waals surface area contributed by atoms with Crippen molar-refractivity contribution in [1.29, 1.82) is 0 Å². The highest BCUT2D eigenvalue weighted by molar-refractivity contribution is 5.84. The molecule has 0 spiro atoms. The Hall–Kier alpha value is -1.82. The Balaban J connectivity index is 3.38. The summed E-state index contributed by atoms with van der Waals surface area (Å²) in [5, 5.41) is 0. The molecule has 0 radical (unpaired) electrons. The first-order valence-corrected chi connectivity index (χ1v) is 5.98. The van der Waals surface area contributed by atoms with Crippen LogP contribution < -0.4 is 0 Å². The monoisotopic (exact) mass is 224 g/mol. The molecular formula is C17H20. The molecule has 1 rings (SSSR count). The van der Waals surface area contributed by atoms with Crippen LogP contribution in [0.3, 0.4) is 0 Å².